The fourth-order valence-corrected chi connectivity index (χ4v) is 2.44. The number of carbonyl (C=O) groups excluding carboxylic acids is 2. The van der Waals surface area contributed by atoms with Crippen molar-refractivity contribution in [3.05, 3.63) is 65.7 Å². The van der Waals surface area contributed by atoms with Crippen molar-refractivity contribution in [2.24, 2.45) is 0 Å². The zero-order valence-electron chi connectivity index (χ0n) is 11.6. The van der Waals surface area contributed by atoms with Gasteiger partial charge in [0.15, 0.2) is 5.60 Å². The summed E-state index contributed by atoms with van der Waals surface area (Å²) < 4.78 is 5.38. The van der Waals surface area contributed by atoms with Gasteiger partial charge in [-0.1, -0.05) is 36.4 Å². The number of para-hydroxylation sites is 1. The number of fused-ring (bicyclic) bond motifs is 1. The number of amides is 1. The quantitative estimate of drug-likeness (QED) is 0.861. The number of esters is 1. The fourth-order valence-electron chi connectivity index (χ4n) is 2.44. The van der Waals surface area contributed by atoms with Crippen molar-refractivity contribution >= 4 is 17.6 Å². The SMILES string of the molecule is C[C@@]1(C(=O)Nc2ccccc2)Cc2ccccc2C(=O)O1. The van der Waals surface area contributed by atoms with Gasteiger partial charge >= 0.3 is 5.97 Å². The number of cyclic esters (lactones) is 1. The zero-order chi connectivity index (χ0) is 14.9. The molecule has 0 saturated heterocycles. The summed E-state index contributed by atoms with van der Waals surface area (Å²) in [7, 11) is 0. The minimum absolute atomic E-state index is 0.323. The van der Waals surface area contributed by atoms with E-state index in [0.717, 1.165) is 5.56 Å². The van der Waals surface area contributed by atoms with Crippen LogP contribution in [0, 0.1) is 0 Å². The Balaban J connectivity index is 1.85. The van der Waals surface area contributed by atoms with Gasteiger partial charge in [0.1, 0.15) is 0 Å². The van der Waals surface area contributed by atoms with Crippen LogP contribution in [0.5, 0.6) is 0 Å². The Morgan fingerprint density at radius 1 is 1.10 bits per heavy atom. The van der Waals surface area contributed by atoms with Crippen molar-refractivity contribution in [3.63, 3.8) is 0 Å². The van der Waals surface area contributed by atoms with Crippen LogP contribution in [0.2, 0.25) is 0 Å². The topological polar surface area (TPSA) is 55.4 Å². The lowest BCUT2D eigenvalue weighted by molar-refractivity contribution is -0.134. The Morgan fingerprint density at radius 3 is 2.52 bits per heavy atom. The van der Waals surface area contributed by atoms with Crippen molar-refractivity contribution in [1.29, 1.82) is 0 Å². The molecule has 1 N–H and O–H groups in total. The number of ether oxygens (including phenoxy) is 1. The van der Waals surface area contributed by atoms with Crippen molar-refractivity contribution in [1.82, 2.24) is 0 Å². The Hall–Kier alpha value is -2.62. The lowest BCUT2D eigenvalue weighted by atomic mass is 9.89. The number of hydrogen-bond donors (Lipinski definition) is 1. The maximum Gasteiger partial charge on any atom is 0.339 e. The molecule has 1 heterocycles. The summed E-state index contributed by atoms with van der Waals surface area (Å²) in [5.74, 6) is -0.779. The Labute approximate surface area is 122 Å². The molecule has 0 fully saturated rings. The van der Waals surface area contributed by atoms with E-state index in [1.54, 1.807) is 31.2 Å². The van der Waals surface area contributed by atoms with Crippen molar-refractivity contribution in [2.75, 3.05) is 5.32 Å². The molecule has 1 aliphatic rings. The minimum atomic E-state index is -1.19. The molecule has 1 amide bonds. The Kier molecular flexibility index (Phi) is 3.22. The van der Waals surface area contributed by atoms with E-state index < -0.39 is 11.6 Å². The van der Waals surface area contributed by atoms with Crippen molar-refractivity contribution in [3.8, 4) is 0 Å². The first-order valence-electron chi connectivity index (χ1n) is 6.76. The van der Waals surface area contributed by atoms with Crippen LogP contribution in [0.4, 0.5) is 5.69 Å². The van der Waals surface area contributed by atoms with Crippen LogP contribution in [0.15, 0.2) is 54.6 Å². The van der Waals surface area contributed by atoms with E-state index in [0.29, 0.717) is 17.7 Å². The summed E-state index contributed by atoms with van der Waals surface area (Å²) in [6, 6.07) is 16.3. The molecule has 0 saturated carbocycles. The minimum Gasteiger partial charge on any atom is -0.445 e. The molecule has 106 valence electrons. The molecule has 2 aromatic carbocycles. The molecule has 0 radical (unpaired) electrons. The second kappa shape index (κ2) is 5.05. The number of rotatable bonds is 2. The summed E-state index contributed by atoms with van der Waals surface area (Å²) >= 11 is 0. The maximum atomic E-state index is 12.5. The number of benzene rings is 2. The Morgan fingerprint density at radius 2 is 1.76 bits per heavy atom. The first kappa shape index (κ1) is 13.4. The van der Waals surface area contributed by atoms with Gasteiger partial charge in [-0.3, -0.25) is 4.79 Å². The van der Waals surface area contributed by atoms with Crippen LogP contribution >= 0.6 is 0 Å². The predicted molar refractivity (Wildman–Crippen MR) is 79.0 cm³/mol. The van der Waals surface area contributed by atoms with Crippen molar-refractivity contribution in [2.45, 2.75) is 18.9 Å². The van der Waals surface area contributed by atoms with Crippen LogP contribution in [-0.2, 0) is 16.0 Å². The van der Waals surface area contributed by atoms with E-state index in [1.807, 2.05) is 30.3 Å². The molecule has 0 bridgehead atoms. The molecule has 0 unspecified atom stereocenters. The summed E-state index contributed by atoms with van der Waals surface area (Å²) in [5, 5.41) is 2.79. The molecule has 0 aliphatic carbocycles. The van der Waals surface area contributed by atoms with Gasteiger partial charge in [-0.15, -0.1) is 0 Å². The highest BCUT2D eigenvalue weighted by atomic mass is 16.6. The third kappa shape index (κ3) is 2.52. The lowest BCUT2D eigenvalue weighted by Crippen LogP contribution is -2.48. The lowest BCUT2D eigenvalue weighted by Gasteiger charge is -2.33. The monoisotopic (exact) mass is 281 g/mol. The van der Waals surface area contributed by atoms with Crippen molar-refractivity contribution < 1.29 is 14.3 Å². The fraction of sp³-hybridized carbons (Fsp3) is 0.176. The van der Waals surface area contributed by atoms with Gasteiger partial charge in [0.2, 0.25) is 0 Å². The van der Waals surface area contributed by atoms with Gasteiger partial charge in [-0.2, -0.15) is 0 Å². The predicted octanol–water partition coefficient (Wildman–Crippen LogP) is 2.80. The standard InChI is InChI=1S/C17H15NO3/c1-17(16(20)18-13-8-3-2-4-9-13)11-12-7-5-6-10-14(12)15(19)21-17/h2-10H,11H2,1H3,(H,18,20)/t17-/m0/s1. The molecule has 4 nitrogen and oxygen atoms in total. The second-order valence-electron chi connectivity index (χ2n) is 5.27. The number of carbonyl (C=O) groups is 2. The highest BCUT2D eigenvalue weighted by Crippen LogP contribution is 2.29. The highest BCUT2D eigenvalue weighted by Gasteiger charge is 2.42. The molecule has 1 atom stereocenters. The van der Waals surface area contributed by atoms with Crippen LogP contribution in [0.1, 0.15) is 22.8 Å². The van der Waals surface area contributed by atoms with Gasteiger partial charge in [0, 0.05) is 12.1 Å². The second-order valence-corrected chi connectivity index (χ2v) is 5.27. The molecule has 2 aromatic rings. The van der Waals surface area contributed by atoms with Gasteiger partial charge in [0.25, 0.3) is 5.91 Å². The van der Waals surface area contributed by atoms with E-state index in [9.17, 15) is 9.59 Å². The van der Waals surface area contributed by atoms with E-state index >= 15 is 0 Å². The van der Waals surface area contributed by atoms with Gasteiger partial charge in [0.05, 0.1) is 5.56 Å². The number of hydrogen-bond acceptors (Lipinski definition) is 3. The zero-order valence-corrected chi connectivity index (χ0v) is 11.6. The van der Waals surface area contributed by atoms with E-state index in [1.165, 1.54) is 0 Å². The molecular formula is C17H15NO3. The molecule has 4 heteroatoms. The maximum absolute atomic E-state index is 12.5. The molecular weight excluding hydrogens is 266 g/mol. The number of nitrogens with one attached hydrogen (secondary N) is 1. The third-order valence-corrected chi connectivity index (χ3v) is 3.59. The molecule has 21 heavy (non-hydrogen) atoms. The largest absolute Gasteiger partial charge is 0.445 e. The third-order valence-electron chi connectivity index (χ3n) is 3.59. The van der Waals surface area contributed by atoms with Crippen LogP contribution < -0.4 is 5.32 Å². The van der Waals surface area contributed by atoms with E-state index in [4.69, 9.17) is 4.74 Å². The van der Waals surface area contributed by atoms with Gasteiger partial charge in [-0.05, 0) is 30.7 Å². The summed E-state index contributed by atoms with van der Waals surface area (Å²) in [4.78, 5) is 24.5. The first-order chi connectivity index (χ1) is 10.1. The smallest absolute Gasteiger partial charge is 0.339 e. The summed E-state index contributed by atoms with van der Waals surface area (Å²) in [5.41, 5.74) is 0.849. The van der Waals surface area contributed by atoms with Gasteiger partial charge < -0.3 is 10.1 Å². The molecule has 0 aromatic heterocycles. The van der Waals surface area contributed by atoms with Crippen LogP contribution in [0.25, 0.3) is 0 Å². The van der Waals surface area contributed by atoms with Gasteiger partial charge in [-0.25, -0.2) is 4.79 Å². The number of anilines is 1. The molecule has 3 rings (SSSR count). The summed E-state index contributed by atoms with van der Waals surface area (Å²) in [6.45, 7) is 1.64. The summed E-state index contributed by atoms with van der Waals surface area (Å²) in [6.07, 6.45) is 0.369. The van der Waals surface area contributed by atoms with Crippen LogP contribution in [0.3, 0.4) is 0 Å². The average molecular weight is 281 g/mol. The molecule has 1 aliphatic heterocycles. The highest BCUT2D eigenvalue weighted by molar-refractivity contribution is 6.02. The van der Waals surface area contributed by atoms with Crippen LogP contribution in [-0.4, -0.2) is 17.5 Å². The van der Waals surface area contributed by atoms with E-state index in [-0.39, 0.29) is 5.91 Å². The normalized spacial score (nSPS) is 20.3. The first-order valence-corrected chi connectivity index (χ1v) is 6.76. The average Bonchev–Trinajstić information content (AvgIpc) is 2.48. The Bertz CT molecular complexity index is 696. The van der Waals surface area contributed by atoms with E-state index in [2.05, 4.69) is 5.32 Å². The molecule has 0 spiro atoms.